The first-order valence-corrected chi connectivity index (χ1v) is 17.5. The number of carbonyl (C=O) groups excluding carboxylic acids is 2. The normalized spacial score (nSPS) is 11.4. The lowest BCUT2D eigenvalue weighted by atomic mass is 10.1. The number of anilines is 3. The number of aromatic nitrogens is 3. The first-order valence-electron chi connectivity index (χ1n) is 15.3. The number of benzene rings is 2. The summed E-state index contributed by atoms with van der Waals surface area (Å²) in [6, 6.07) is 15.7. The molecule has 0 fully saturated rings. The number of hydrogen-bond acceptors (Lipinski definition) is 8. The molecule has 0 radical (unpaired) electrons. The number of esters is 1. The van der Waals surface area contributed by atoms with Crippen molar-refractivity contribution in [3.8, 4) is 22.9 Å². The van der Waals surface area contributed by atoms with Gasteiger partial charge in [-0.1, -0.05) is 65.7 Å². The number of methoxy groups -OCH3 is 1. The summed E-state index contributed by atoms with van der Waals surface area (Å²) in [4.78, 5) is 46.8. The highest BCUT2D eigenvalue weighted by Gasteiger charge is 2.41. The minimum absolute atomic E-state index is 0.261. The van der Waals surface area contributed by atoms with Gasteiger partial charge in [-0.05, 0) is 47.0 Å². The molecule has 0 atom stereocenters. The van der Waals surface area contributed by atoms with E-state index in [2.05, 4.69) is 68.6 Å². The number of amides is 1. The van der Waals surface area contributed by atoms with Gasteiger partial charge in [0.1, 0.15) is 13.8 Å². The van der Waals surface area contributed by atoms with Gasteiger partial charge in [0.2, 0.25) is 5.95 Å². The number of nitrogens with zero attached hydrogens (tertiary/aromatic N) is 3. The smallest absolute Gasteiger partial charge is 0.303 e. The van der Waals surface area contributed by atoms with Crippen molar-refractivity contribution in [2.75, 3.05) is 24.4 Å². The summed E-state index contributed by atoms with van der Waals surface area (Å²) in [5.74, 6) is 3.23. The van der Waals surface area contributed by atoms with Crippen molar-refractivity contribution >= 4 is 48.3 Å². The SMILES string of the molecule is COc1ccccc1Nc1ncc2c(C#C[Si](C(C)C)(C(C)C)C(C)C)cc(=O)n(-c3cccc(NC(=O)COC(C)=O)c3)c2n1. The zero-order valence-electron chi connectivity index (χ0n) is 27.6. The average Bonchev–Trinajstić information content (AvgIpc) is 3.00. The Balaban J connectivity index is 1.91. The molecule has 2 N–H and O–H groups in total. The molecule has 2 aromatic heterocycles. The van der Waals surface area contributed by atoms with E-state index in [1.165, 1.54) is 17.6 Å². The fraction of sp³-hybridized carbons (Fsp3) is 0.343. The van der Waals surface area contributed by atoms with Gasteiger partial charge in [-0.25, -0.2) is 4.98 Å². The Hall–Kier alpha value is -4.95. The summed E-state index contributed by atoms with van der Waals surface area (Å²) < 4.78 is 11.8. The molecule has 0 aliphatic heterocycles. The van der Waals surface area contributed by atoms with Gasteiger partial charge in [0, 0.05) is 30.4 Å². The van der Waals surface area contributed by atoms with Crippen LogP contribution < -0.4 is 20.9 Å². The van der Waals surface area contributed by atoms with Gasteiger partial charge in [0.15, 0.2) is 12.3 Å². The van der Waals surface area contributed by atoms with E-state index in [-0.39, 0.29) is 11.5 Å². The first kappa shape index (κ1) is 33.9. The van der Waals surface area contributed by atoms with E-state index < -0.39 is 26.6 Å². The standard InChI is InChI=1S/C35H41N5O5Si/c1-22(2)46(23(3)4,24(5)6)17-16-26-18-33(43)40(28-13-11-12-27(19-28)37-32(42)21-45-25(7)41)34-29(26)20-36-35(39-34)38-30-14-9-10-15-31(30)44-8/h9-15,18-20,22-24H,21H2,1-8H3,(H,37,42)(H,36,38,39). The molecule has 0 aliphatic carbocycles. The van der Waals surface area contributed by atoms with E-state index in [9.17, 15) is 14.4 Å². The second kappa shape index (κ2) is 14.4. The molecule has 0 spiro atoms. The second-order valence-corrected chi connectivity index (χ2v) is 17.6. The minimum atomic E-state index is -2.11. The van der Waals surface area contributed by atoms with Crippen molar-refractivity contribution < 1.29 is 19.1 Å². The predicted octanol–water partition coefficient (Wildman–Crippen LogP) is 6.60. The van der Waals surface area contributed by atoms with Gasteiger partial charge < -0.3 is 20.1 Å². The summed E-state index contributed by atoms with van der Waals surface area (Å²) in [6.07, 6.45) is 1.67. The van der Waals surface area contributed by atoms with E-state index >= 15 is 0 Å². The van der Waals surface area contributed by atoms with E-state index in [4.69, 9.17) is 14.5 Å². The van der Waals surface area contributed by atoms with Gasteiger partial charge in [-0.15, -0.1) is 5.54 Å². The Morgan fingerprint density at radius 2 is 1.67 bits per heavy atom. The van der Waals surface area contributed by atoms with E-state index in [0.29, 0.717) is 56.0 Å². The third-order valence-electron chi connectivity index (χ3n) is 8.19. The monoisotopic (exact) mass is 639 g/mol. The summed E-state index contributed by atoms with van der Waals surface area (Å²) in [6.45, 7) is 14.3. The van der Waals surface area contributed by atoms with Gasteiger partial charge >= 0.3 is 5.97 Å². The molecule has 0 aliphatic rings. The van der Waals surface area contributed by atoms with Crippen molar-refractivity contribution in [1.29, 1.82) is 0 Å². The summed E-state index contributed by atoms with van der Waals surface area (Å²) in [5.41, 5.74) is 7.08. The Labute approximate surface area is 270 Å². The summed E-state index contributed by atoms with van der Waals surface area (Å²) >= 11 is 0. The second-order valence-electron chi connectivity index (χ2n) is 12.0. The number of pyridine rings is 1. The van der Waals surface area contributed by atoms with Crippen molar-refractivity contribution in [3.63, 3.8) is 0 Å². The zero-order valence-corrected chi connectivity index (χ0v) is 28.6. The first-order chi connectivity index (χ1) is 21.9. The van der Waals surface area contributed by atoms with Crippen LogP contribution in [0, 0.1) is 11.5 Å². The average molecular weight is 640 g/mol. The molecular formula is C35H41N5O5Si. The van der Waals surface area contributed by atoms with Crippen LogP contribution in [0.3, 0.4) is 0 Å². The van der Waals surface area contributed by atoms with Gasteiger partial charge in [0.05, 0.1) is 23.9 Å². The van der Waals surface area contributed by atoms with Crippen LogP contribution in [0.25, 0.3) is 16.7 Å². The third kappa shape index (κ3) is 7.29. The van der Waals surface area contributed by atoms with E-state index in [1.54, 1.807) is 37.6 Å². The van der Waals surface area contributed by atoms with Crippen molar-refractivity contribution in [2.45, 2.75) is 65.1 Å². The molecule has 240 valence electrons. The summed E-state index contributed by atoms with van der Waals surface area (Å²) in [5, 5.41) is 6.52. The highest BCUT2D eigenvalue weighted by molar-refractivity contribution is 6.90. The maximum absolute atomic E-state index is 13.9. The molecule has 1 amide bonds. The van der Waals surface area contributed by atoms with Crippen LogP contribution in [0.5, 0.6) is 5.75 Å². The Kier molecular flexibility index (Phi) is 10.6. The quantitative estimate of drug-likeness (QED) is 0.113. The lowest BCUT2D eigenvalue weighted by molar-refractivity contribution is -0.144. The molecule has 0 saturated carbocycles. The Bertz CT molecular complexity index is 1850. The number of hydrogen-bond donors (Lipinski definition) is 2. The van der Waals surface area contributed by atoms with Crippen molar-refractivity contribution in [1.82, 2.24) is 14.5 Å². The predicted molar refractivity (Wildman–Crippen MR) is 185 cm³/mol. The van der Waals surface area contributed by atoms with Crippen LogP contribution in [-0.4, -0.2) is 48.2 Å². The van der Waals surface area contributed by atoms with Crippen molar-refractivity contribution in [2.24, 2.45) is 0 Å². The number of carbonyl (C=O) groups is 2. The van der Waals surface area contributed by atoms with Crippen LogP contribution in [0.2, 0.25) is 16.6 Å². The molecule has 0 unspecified atom stereocenters. The van der Waals surface area contributed by atoms with Crippen molar-refractivity contribution in [3.05, 3.63) is 76.7 Å². The van der Waals surface area contributed by atoms with E-state index in [0.717, 1.165) is 0 Å². The van der Waals surface area contributed by atoms with Crippen LogP contribution in [0.15, 0.2) is 65.6 Å². The van der Waals surface area contributed by atoms with Gasteiger partial charge in [-0.3, -0.25) is 19.0 Å². The van der Waals surface area contributed by atoms with Crippen LogP contribution >= 0.6 is 0 Å². The molecule has 0 saturated heterocycles. The maximum atomic E-state index is 13.9. The highest BCUT2D eigenvalue weighted by Crippen LogP contribution is 2.41. The zero-order chi connectivity index (χ0) is 33.6. The Morgan fingerprint density at radius 3 is 2.33 bits per heavy atom. The number of para-hydroxylation sites is 2. The van der Waals surface area contributed by atoms with Crippen LogP contribution in [0.4, 0.5) is 17.3 Å². The molecule has 46 heavy (non-hydrogen) atoms. The number of rotatable bonds is 10. The van der Waals surface area contributed by atoms with E-state index in [1.807, 2.05) is 24.3 Å². The van der Waals surface area contributed by atoms with Crippen LogP contribution in [0.1, 0.15) is 54.0 Å². The number of nitrogens with one attached hydrogen (secondary N) is 2. The fourth-order valence-corrected chi connectivity index (χ4v) is 11.3. The Morgan fingerprint density at radius 1 is 0.978 bits per heavy atom. The molecule has 10 nitrogen and oxygen atoms in total. The largest absolute Gasteiger partial charge is 0.495 e. The molecule has 2 heterocycles. The molecule has 4 rings (SSSR count). The third-order valence-corrected chi connectivity index (χ3v) is 14.5. The lowest BCUT2D eigenvalue weighted by Gasteiger charge is -2.38. The molecule has 2 aromatic carbocycles. The van der Waals surface area contributed by atoms with Crippen LogP contribution in [-0.2, 0) is 14.3 Å². The number of ether oxygens (including phenoxy) is 2. The molecule has 4 aromatic rings. The number of fused-ring (bicyclic) bond motifs is 1. The fourth-order valence-electron chi connectivity index (χ4n) is 6.08. The van der Waals surface area contributed by atoms with Gasteiger partial charge in [0.25, 0.3) is 11.5 Å². The minimum Gasteiger partial charge on any atom is -0.495 e. The summed E-state index contributed by atoms with van der Waals surface area (Å²) in [7, 11) is -0.530. The molecule has 11 heteroatoms. The van der Waals surface area contributed by atoms with Gasteiger partial charge in [-0.2, -0.15) is 4.98 Å². The highest BCUT2D eigenvalue weighted by atomic mass is 28.3. The lowest BCUT2D eigenvalue weighted by Crippen LogP contribution is -2.43. The molecule has 0 bridgehead atoms. The maximum Gasteiger partial charge on any atom is 0.303 e. The topological polar surface area (TPSA) is 124 Å². The molecular weight excluding hydrogens is 599 g/mol.